The lowest BCUT2D eigenvalue weighted by Gasteiger charge is -2.08. The fourth-order valence-electron chi connectivity index (χ4n) is 1.63. The average molecular weight is 219 g/mol. The number of benzene rings is 1. The Morgan fingerprint density at radius 3 is 2.94 bits per heavy atom. The monoisotopic (exact) mass is 219 g/mol. The van der Waals surface area contributed by atoms with Gasteiger partial charge in [-0.15, -0.1) is 0 Å². The molecule has 0 saturated carbocycles. The first-order valence-electron chi connectivity index (χ1n) is 5.18. The quantitative estimate of drug-likeness (QED) is 0.849. The van der Waals surface area contributed by atoms with Gasteiger partial charge in [-0.05, 0) is 13.1 Å². The maximum atomic E-state index is 13.4. The van der Waals surface area contributed by atoms with E-state index in [0.29, 0.717) is 12.1 Å². The van der Waals surface area contributed by atoms with Crippen LogP contribution >= 0.6 is 0 Å². The minimum Gasteiger partial charge on any atom is -0.329 e. The fourth-order valence-corrected chi connectivity index (χ4v) is 1.63. The average Bonchev–Trinajstić information content (AvgIpc) is 2.70. The van der Waals surface area contributed by atoms with Gasteiger partial charge in [0.05, 0.1) is 18.6 Å². The summed E-state index contributed by atoms with van der Waals surface area (Å²) in [6.45, 7) is 1.25. The Morgan fingerprint density at radius 2 is 2.19 bits per heavy atom. The second-order valence-electron chi connectivity index (χ2n) is 3.63. The van der Waals surface area contributed by atoms with Crippen LogP contribution in [-0.4, -0.2) is 16.6 Å². The van der Waals surface area contributed by atoms with Crippen molar-refractivity contribution in [2.45, 2.75) is 13.1 Å². The standard InChI is InChI=1S/C12H14FN3/c1-14-6-11-7-15-9-16(11)8-10-4-2-3-5-12(10)13/h2-5,7,9,14H,6,8H2,1H3. The zero-order chi connectivity index (χ0) is 11.4. The lowest BCUT2D eigenvalue weighted by molar-refractivity contribution is 0.592. The molecule has 84 valence electrons. The first-order chi connectivity index (χ1) is 7.81. The Morgan fingerprint density at radius 1 is 1.38 bits per heavy atom. The summed E-state index contributed by atoms with van der Waals surface area (Å²) < 4.78 is 15.4. The van der Waals surface area contributed by atoms with Gasteiger partial charge >= 0.3 is 0 Å². The van der Waals surface area contributed by atoms with Crippen LogP contribution in [0.25, 0.3) is 0 Å². The molecule has 1 aromatic carbocycles. The van der Waals surface area contributed by atoms with E-state index < -0.39 is 0 Å². The van der Waals surface area contributed by atoms with Gasteiger partial charge in [0.2, 0.25) is 0 Å². The summed E-state index contributed by atoms with van der Waals surface area (Å²) in [6.07, 6.45) is 3.51. The van der Waals surface area contributed by atoms with Crippen LogP contribution < -0.4 is 5.32 Å². The van der Waals surface area contributed by atoms with Crippen LogP contribution in [0.4, 0.5) is 4.39 Å². The summed E-state index contributed by atoms with van der Waals surface area (Å²) in [5, 5.41) is 3.06. The van der Waals surface area contributed by atoms with Crippen molar-refractivity contribution in [3.8, 4) is 0 Å². The molecule has 0 radical (unpaired) electrons. The van der Waals surface area contributed by atoms with Gasteiger partial charge in [0.15, 0.2) is 0 Å². The molecule has 0 fully saturated rings. The summed E-state index contributed by atoms with van der Waals surface area (Å²) in [6, 6.07) is 6.80. The lowest BCUT2D eigenvalue weighted by Crippen LogP contribution is -2.11. The van der Waals surface area contributed by atoms with Crippen molar-refractivity contribution < 1.29 is 4.39 Å². The van der Waals surface area contributed by atoms with Gasteiger partial charge in [-0.2, -0.15) is 0 Å². The highest BCUT2D eigenvalue weighted by molar-refractivity contribution is 5.18. The summed E-state index contributed by atoms with van der Waals surface area (Å²) in [7, 11) is 1.88. The summed E-state index contributed by atoms with van der Waals surface area (Å²) in [4.78, 5) is 4.07. The normalized spacial score (nSPS) is 10.6. The van der Waals surface area contributed by atoms with Crippen molar-refractivity contribution in [2.75, 3.05) is 7.05 Å². The Hall–Kier alpha value is -1.68. The molecule has 0 bridgehead atoms. The van der Waals surface area contributed by atoms with Gasteiger partial charge in [0.25, 0.3) is 0 Å². The van der Waals surface area contributed by atoms with E-state index in [1.54, 1.807) is 24.7 Å². The van der Waals surface area contributed by atoms with Crippen molar-refractivity contribution in [3.63, 3.8) is 0 Å². The molecule has 3 nitrogen and oxygen atoms in total. The van der Waals surface area contributed by atoms with Gasteiger partial charge in [0, 0.05) is 18.3 Å². The second kappa shape index (κ2) is 4.90. The zero-order valence-electron chi connectivity index (χ0n) is 9.15. The number of rotatable bonds is 4. The maximum absolute atomic E-state index is 13.4. The molecular weight excluding hydrogens is 205 g/mol. The molecule has 0 saturated heterocycles. The van der Waals surface area contributed by atoms with E-state index in [1.807, 2.05) is 17.7 Å². The molecule has 4 heteroatoms. The molecule has 1 heterocycles. The van der Waals surface area contributed by atoms with Crippen LogP contribution in [0.1, 0.15) is 11.3 Å². The van der Waals surface area contributed by atoms with E-state index >= 15 is 0 Å². The van der Waals surface area contributed by atoms with Crippen LogP contribution in [0.3, 0.4) is 0 Å². The van der Waals surface area contributed by atoms with Crippen molar-refractivity contribution in [2.24, 2.45) is 0 Å². The number of aromatic nitrogens is 2. The van der Waals surface area contributed by atoms with Crippen molar-refractivity contribution in [3.05, 3.63) is 53.9 Å². The number of nitrogens with zero attached hydrogens (tertiary/aromatic N) is 2. The first-order valence-corrected chi connectivity index (χ1v) is 5.18. The Bertz CT molecular complexity index is 465. The summed E-state index contributed by atoms with van der Waals surface area (Å²) >= 11 is 0. The SMILES string of the molecule is CNCc1cncn1Cc1ccccc1F. The molecule has 1 N–H and O–H groups in total. The Balaban J connectivity index is 2.20. The molecule has 0 aliphatic heterocycles. The third-order valence-electron chi connectivity index (χ3n) is 2.45. The molecule has 0 unspecified atom stereocenters. The topological polar surface area (TPSA) is 29.9 Å². The molecule has 0 aliphatic rings. The minimum absolute atomic E-state index is 0.174. The smallest absolute Gasteiger partial charge is 0.128 e. The van der Waals surface area contributed by atoms with E-state index in [-0.39, 0.29) is 5.82 Å². The van der Waals surface area contributed by atoms with Gasteiger partial charge in [-0.25, -0.2) is 9.37 Å². The third kappa shape index (κ3) is 2.28. The predicted molar refractivity (Wildman–Crippen MR) is 60.5 cm³/mol. The van der Waals surface area contributed by atoms with E-state index in [1.165, 1.54) is 6.07 Å². The number of hydrogen-bond acceptors (Lipinski definition) is 2. The molecule has 1 aromatic heterocycles. The number of halogens is 1. The van der Waals surface area contributed by atoms with Crippen molar-refractivity contribution in [1.82, 2.24) is 14.9 Å². The van der Waals surface area contributed by atoms with Crippen molar-refractivity contribution in [1.29, 1.82) is 0 Å². The fraction of sp³-hybridized carbons (Fsp3) is 0.250. The summed E-state index contributed by atoms with van der Waals surface area (Å²) in [5.74, 6) is -0.174. The first kappa shape index (κ1) is 10.8. The highest BCUT2D eigenvalue weighted by Crippen LogP contribution is 2.10. The molecular formula is C12H14FN3. The zero-order valence-corrected chi connectivity index (χ0v) is 9.15. The number of imidazole rings is 1. The maximum Gasteiger partial charge on any atom is 0.128 e. The molecule has 0 atom stereocenters. The van der Waals surface area contributed by atoms with Crippen LogP contribution in [0.5, 0.6) is 0 Å². The predicted octanol–water partition coefficient (Wildman–Crippen LogP) is 1.79. The molecule has 2 rings (SSSR count). The molecule has 16 heavy (non-hydrogen) atoms. The number of hydrogen-bond donors (Lipinski definition) is 1. The highest BCUT2D eigenvalue weighted by atomic mass is 19.1. The van der Waals surface area contributed by atoms with Gasteiger partial charge < -0.3 is 9.88 Å². The van der Waals surface area contributed by atoms with Gasteiger partial charge in [0.1, 0.15) is 5.82 Å². The molecule has 0 spiro atoms. The van der Waals surface area contributed by atoms with Crippen LogP contribution in [0.15, 0.2) is 36.8 Å². The van der Waals surface area contributed by atoms with E-state index in [9.17, 15) is 4.39 Å². The van der Waals surface area contributed by atoms with E-state index in [2.05, 4.69) is 10.3 Å². The summed E-state index contributed by atoms with van der Waals surface area (Å²) in [5.41, 5.74) is 1.73. The van der Waals surface area contributed by atoms with Gasteiger partial charge in [-0.3, -0.25) is 0 Å². The van der Waals surface area contributed by atoms with Crippen LogP contribution in [0, 0.1) is 5.82 Å². The van der Waals surface area contributed by atoms with Crippen LogP contribution in [-0.2, 0) is 13.1 Å². The second-order valence-corrected chi connectivity index (χ2v) is 3.63. The van der Waals surface area contributed by atoms with Gasteiger partial charge in [-0.1, -0.05) is 18.2 Å². The van der Waals surface area contributed by atoms with E-state index in [4.69, 9.17) is 0 Å². The molecule has 0 amide bonds. The third-order valence-corrected chi connectivity index (χ3v) is 2.45. The van der Waals surface area contributed by atoms with Crippen LogP contribution in [0.2, 0.25) is 0 Å². The van der Waals surface area contributed by atoms with Crippen molar-refractivity contribution >= 4 is 0 Å². The Kier molecular flexibility index (Phi) is 3.31. The van der Waals surface area contributed by atoms with E-state index in [0.717, 1.165) is 12.2 Å². The highest BCUT2D eigenvalue weighted by Gasteiger charge is 2.05. The number of nitrogens with one attached hydrogen (secondary N) is 1. The lowest BCUT2D eigenvalue weighted by atomic mass is 10.2. The largest absolute Gasteiger partial charge is 0.329 e. The minimum atomic E-state index is -0.174. The molecule has 0 aliphatic carbocycles. The molecule has 2 aromatic rings. The Labute approximate surface area is 93.9 Å².